The Bertz CT molecular complexity index is 403. The highest BCUT2D eigenvalue weighted by Crippen LogP contribution is 2.08. The highest BCUT2D eigenvalue weighted by atomic mass is 16.5. The highest BCUT2D eigenvalue weighted by Gasteiger charge is 2.17. The summed E-state index contributed by atoms with van der Waals surface area (Å²) in [6, 6.07) is 9.34. The molecule has 0 heterocycles. The monoisotopic (exact) mass is 263 g/mol. The van der Waals surface area contributed by atoms with Crippen LogP contribution in [0.25, 0.3) is 0 Å². The molecule has 104 valence electrons. The molecule has 0 aliphatic carbocycles. The van der Waals surface area contributed by atoms with E-state index in [1.165, 1.54) is 12.7 Å². The molecule has 0 amide bonds. The zero-order chi connectivity index (χ0) is 14.1. The van der Waals surface area contributed by atoms with Gasteiger partial charge in [-0.05, 0) is 24.8 Å². The summed E-state index contributed by atoms with van der Waals surface area (Å²) in [5.74, 6) is -0.511. The molecule has 4 heteroatoms. The minimum atomic E-state index is -0.827. The second kappa shape index (κ2) is 8.43. The van der Waals surface area contributed by atoms with Crippen LogP contribution in [0.15, 0.2) is 30.3 Å². The van der Waals surface area contributed by atoms with Gasteiger partial charge in [-0.3, -0.25) is 9.59 Å². The fraction of sp³-hybridized carbons (Fsp3) is 0.467. The van der Waals surface area contributed by atoms with Crippen molar-refractivity contribution < 1.29 is 14.3 Å². The van der Waals surface area contributed by atoms with Gasteiger partial charge < -0.3 is 10.5 Å². The van der Waals surface area contributed by atoms with Gasteiger partial charge in [0.05, 0.1) is 7.11 Å². The first-order valence-corrected chi connectivity index (χ1v) is 6.52. The first kappa shape index (κ1) is 15.4. The molecular weight excluding hydrogens is 242 g/mol. The smallest absolute Gasteiger partial charge is 0.323 e. The molecule has 1 rings (SSSR count). The zero-order valence-electron chi connectivity index (χ0n) is 11.3. The summed E-state index contributed by atoms with van der Waals surface area (Å²) in [6.07, 6.45) is 3.29. The number of ether oxygens (including phenoxy) is 1. The van der Waals surface area contributed by atoms with E-state index < -0.39 is 12.0 Å². The van der Waals surface area contributed by atoms with Crippen LogP contribution in [0.1, 0.15) is 31.2 Å². The molecule has 0 aliphatic rings. The first-order chi connectivity index (χ1) is 9.13. The maximum Gasteiger partial charge on any atom is 0.323 e. The average molecular weight is 263 g/mol. The van der Waals surface area contributed by atoms with E-state index >= 15 is 0 Å². The van der Waals surface area contributed by atoms with Crippen molar-refractivity contribution in [2.45, 2.75) is 38.1 Å². The van der Waals surface area contributed by atoms with Crippen molar-refractivity contribution in [1.29, 1.82) is 0 Å². The second-order valence-corrected chi connectivity index (χ2v) is 4.57. The van der Waals surface area contributed by atoms with Gasteiger partial charge in [-0.15, -0.1) is 0 Å². The van der Waals surface area contributed by atoms with E-state index in [1.807, 2.05) is 18.2 Å². The number of rotatable bonds is 8. The van der Waals surface area contributed by atoms with Crippen LogP contribution in [0.2, 0.25) is 0 Å². The van der Waals surface area contributed by atoms with Crippen LogP contribution in [0.4, 0.5) is 0 Å². The van der Waals surface area contributed by atoms with Gasteiger partial charge in [0.25, 0.3) is 0 Å². The number of aryl methyl sites for hydroxylation is 1. The molecule has 0 saturated carbocycles. The van der Waals surface area contributed by atoms with Crippen molar-refractivity contribution in [3.8, 4) is 0 Å². The lowest BCUT2D eigenvalue weighted by atomic mass is 10.0. The number of hydrogen-bond donors (Lipinski definition) is 1. The van der Waals surface area contributed by atoms with Crippen LogP contribution in [0, 0.1) is 0 Å². The predicted molar refractivity (Wildman–Crippen MR) is 73.6 cm³/mol. The average Bonchev–Trinajstić information content (AvgIpc) is 2.43. The summed E-state index contributed by atoms with van der Waals surface area (Å²) in [5, 5.41) is 0. The number of Topliss-reactive ketones (excluding diaryl/α,β-unsaturated/α-hetero) is 1. The number of methoxy groups -OCH3 is 1. The Labute approximate surface area is 113 Å². The van der Waals surface area contributed by atoms with Gasteiger partial charge in [-0.2, -0.15) is 0 Å². The summed E-state index contributed by atoms with van der Waals surface area (Å²) >= 11 is 0. The SMILES string of the molecule is COC(=O)C(N)CC(=O)CCCCc1ccccc1. The number of unbranched alkanes of at least 4 members (excludes halogenated alkanes) is 1. The molecule has 0 aliphatic heterocycles. The second-order valence-electron chi connectivity index (χ2n) is 4.57. The molecule has 1 unspecified atom stereocenters. The van der Waals surface area contributed by atoms with E-state index in [0.29, 0.717) is 6.42 Å². The maximum atomic E-state index is 11.6. The Morgan fingerprint density at radius 3 is 2.53 bits per heavy atom. The van der Waals surface area contributed by atoms with Crippen LogP contribution in [-0.4, -0.2) is 24.9 Å². The molecule has 2 N–H and O–H groups in total. The van der Waals surface area contributed by atoms with Crippen LogP contribution in [-0.2, 0) is 20.7 Å². The summed E-state index contributed by atoms with van der Waals surface area (Å²) in [7, 11) is 1.27. The van der Waals surface area contributed by atoms with Crippen molar-refractivity contribution in [3.05, 3.63) is 35.9 Å². The van der Waals surface area contributed by atoms with Crippen LogP contribution in [0.3, 0.4) is 0 Å². The lowest BCUT2D eigenvalue weighted by Gasteiger charge is -2.08. The Morgan fingerprint density at radius 1 is 1.21 bits per heavy atom. The van der Waals surface area contributed by atoms with Gasteiger partial charge in [-0.25, -0.2) is 0 Å². The van der Waals surface area contributed by atoms with Gasteiger partial charge in [0, 0.05) is 12.8 Å². The number of hydrogen-bond acceptors (Lipinski definition) is 4. The maximum absolute atomic E-state index is 11.6. The molecule has 1 aromatic carbocycles. The quantitative estimate of drug-likeness (QED) is 0.574. The molecule has 0 spiro atoms. The minimum absolute atomic E-state index is 0.0194. The zero-order valence-corrected chi connectivity index (χ0v) is 11.3. The molecule has 0 aromatic heterocycles. The topological polar surface area (TPSA) is 69.4 Å². The van der Waals surface area contributed by atoms with Crippen molar-refractivity contribution in [2.24, 2.45) is 5.73 Å². The van der Waals surface area contributed by atoms with E-state index in [-0.39, 0.29) is 12.2 Å². The third-order valence-corrected chi connectivity index (χ3v) is 2.97. The predicted octanol–water partition coefficient (Wildman–Crippen LogP) is 1.86. The van der Waals surface area contributed by atoms with E-state index in [2.05, 4.69) is 16.9 Å². The molecule has 19 heavy (non-hydrogen) atoms. The molecule has 1 aromatic rings. The van der Waals surface area contributed by atoms with Crippen molar-refractivity contribution in [2.75, 3.05) is 7.11 Å². The minimum Gasteiger partial charge on any atom is -0.468 e. The largest absolute Gasteiger partial charge is 0.468 e. The lowest BCUT2D eigenvalue weighted by molar-refractivity contribution is -0.143. The van der Waals surface area contributed by atoms with Crippen LogP contribution < -0.4 is 5.73 Å². The number of nitrogens with two attached hydrogens (primary N) is 1. The molecule has 0 bridgehead atoms. The lowest BCUT2D eigenvalue weighted by Crippen LogP contribution is -2.33. The van der Waals surface area contributed by atoms with Gasteiger partial charge in [0.15, 0.2) is 0 Å². The van der Waals surface area contributed by atoms with Crippen molar-refractivity contribution in [3.63, 3.8) is 0 Å². The number of ketones is 1. The summed E-state index contributed by atoms with van der Waals surface area (Å²) < 4.78 is 4.48. The molecule has 1 atom stereocenters. The highest BCUT2D eigenvalue weighted by molar-refractivity contribution is 5.86. The first-order valence-electron chi connectivity index (χ1n) is 6.52. The van der Waals surface area contributed by atoms with Gasteiger partial charge in [-0.1, -0.05) is 30.3 Å². The fourth-order valence-electron chi connectivity index (χ4n) is 1.88. The Kier molecular flexibility index (Phi) is 6.82. The number of carbonyl (C=O) groups excluding carboxylic acids is 2. The van der Waals surface area contributed by atoms with Crippen molar-refractivity contribution >= 4 is 11.8 Å². The van der Waals surface area contributed by atoms with Crippen LogP contribution in [0.5, 0.6) is 0 Å². The van der Waals surface area contributed by atoms with E-state index in [0.717, 1.165) is 19.3 Å². The van der Waals surface area contributed by atoms with Crippen LogP contribution >= 0.6 is 0 Å². The normalized spacial score (nSPS) is 11.9. The Balaban J connectivity index is 2.15. The van der Waals surface area contributed by atoms with E-state index in [9.17, 15) is 9.59 Å². The van der Waals surface area contributed by atoms with Gasteiger partial charge in [0.1, 0.15) is 11.8 Å². The molecule has 0 saturated heterocycles. The summed E-state index contributed by atoms with van der Waals surface area (Å²) in [6.45, 7) is 0. The Hall–Kier alpha value is -1.68. The molecule has 0 radical (unpaired) electrons. The third kappa shape index (κ3) is 6.15. The molecular formula is C15H21NO3. The van der Waals surface area contributed by atoms with Crippen molar-refractivity contribution in [1.82, 2.24) is 0 Å². The summed E-state index contributed by atoms with van der Waals surface area (Å²) in [5.41, 5.74) is 6.81. The number of carbonyl (C=O) groups is 2. The summed E-state index contributed by atoms with van der Waals surface area (Å²) in [4.78, 5) is 22.7. The van der Waals surface area contributed by atoms with Gasteiger partial charge >= 0.3 is 5.97 Å². The standard InChI is InChI=1S/C15H21NO3/c1-19-15(18)14(16)11-13(17)10-6-5-9-12-7-3-2-4-8-12/h2-4,7-8,14H,5-6,9-11,16H2,1H3. The third-order valence-electron chi connectivity index (χ3n) is 2.97. The van der Waals surface area contributed by atoms with E-state index in [4.69, 9.17) is 5.73 Å². The molecule has 0 fully saturated rings. The molecule has 4 nitrogen and oxygen atoms in total. The number of esters is 1. The Morgan fingerprint density at radius 2 is 1.89 bits per heavy atom. The van der Waals surface area contributed by atoms with E-state index in [1.54, 1.807) is 0 Å². The fourth-order valence-corrected chi connectivity index (χ4v) is 1.88. The van der Waals surface area contributed by atoms with Gasteiger partial charge in [0.2, 0.25) is 0 Å². The number of benzene rings is 1.